The monoisotopic (exact) mass is 904 g/mol. The summed E-state index contributed by atoms with van der Waals surface area (Å²) < 4.78 is 48.5. The number of ether oxygens (including phenoxy) is 7. The quantitative estimate of drug-likeness (QED) is 0.0713. The van der Waals surface area contributed by atoms with E-state index in [-0.39, 0.29) is 28.3 Å². The minimum atomic E-state index is -2.42. The molecule has 0 aromatic heterocycles. The SMILES string of the molecule is CC(=O)O[C@H]1[C@H](O[Si](C)(C)C(C)(C)C)[C@H](I)[C@@H](OC[C@H]2O[C@H](O)[C@H](OC(=O)c3ccccc3)[C@@H](OC(=O)c3ccccc3)[C@@H]2OC(=O)c2ccccc2)O[C@@H]1C. The van der Waals surface area contributed by atoms with Gasteiger partial charge in [-0.25, -0.2) is 14.4 Å². The highest BCUT2D eigenvalue weighted by atomic mass is 127. The summed E-state index contributed by atoms with van der Waals surface area (Å²) in [7, 11) is -2.42. The third kappa shape index (κ3) is 10.6. The van der Waals surface area contributed by atoms with Crippen LogP contribution in [0.5, 0.6) is 0 Å². The lowest BCUT2D eigenvalue weighted by Crippen LogP contribution is -2.63. The fourth-order valence-electron chi connectivity index (χ4n) is 6.02. The molecule has 0 amide bonds. The molecule has 2 aliphatic heterocycles. The van der Waals surface area contributed by atoms with Crippen molar-refractivity contribution in [1.29, 1.82) is 0 Å². The van der Waals surface area contributed by atoms with E-state index in [4.69, 9.17) is 37.6 Å². The average Bonchev–Trinajstić information content (AvgIpc) is 3.16. The minimum absolute atomic E-state index is 0.161. The Balaban J connectivity index is 1.47. The molecule has 0 saturated carbocycles. The fourth-order valence-corrected chi connectivity index (χ4v) is 8.55. The first-order chi connectivity index (χ1) is 26.5. The number of carbonyl (C=O) groups is 4. The van der Waals surface area contributed by atoms with Crippen LogP contribution in [-0.4, -0.2) is 103 Å². The zero-order chi connectivity index (χ0) is 40.8. The molecule has 0 aliphatic carbocycles. The summed E-state index contributed by atoms with van der Waals surface area (Å²) >= 11 is 2.15. The van der Waals surface area contributed by atoms with E-state index in [9.17, 15) is 24.3 Å². The van der Waals surface area contributed by atoms with Crippen molar-refractivity contribution in [1.82, 2.24) is 0 Å². The predicted octanol–water partition coefficient (Wildman–Crippen LogP) is 6.27. The lowest BCUT2D eigenvalue weighted by atomic mass is 9.97. The van der Waals surface area contributed by atoms with Crippen molar-refractivity contribution < 1.29 is 61.9 Å². The number of esters is 4. The Hall–Kier alpha value is -3.71. The molecule has 2 saturated heterocycles. The molecule has 2 heterocycles. The second kappa shape index (κ2) is 18.7. The molecule has 3 aromatic rings. The van der Waals surface area contributed by atoms with Crippen LogP contribution in [0.2, 0.25) is 18.1 Å². The molecular weight excluding hydrogens is 855 g/mol. The minimum Gasteiger partial charge on any atom is -0.457 e. The molecule has 0 radical (unpaired) electrons. The van der Waals surface area contributed by atoms with E-state index in [0.29, 0.717) is 0 Å². The number of aliphatic hydroxyl groups excluding tert-OH is 1. The molecule has 3 aromatic carbocycles. The van der Waals surface area contributed by atoms with Gasteiger partial charge in [0.15, 0.2) is 45.3 Å². The van der Waals surface area contributed by atoms with E-state index in [1.54, 1.807) is 73.7 Å². The summed E-state index contributed by atoms with van der Waals surface area (Å²) in [4.78, 5) is 52.8. The number of alkyl halides is 1. The Kier molecular flexibility index (Phi) is 14.5. The zero-order valence-electron chi connectivity index (χ0n) is 32.4. The maximum Gasteiger partial charge on any atom is 0.338 e. The van der Waals surface area contributed by atoms with Gasteiger partial charge in [0, 0.05) is 6.92 Å². The van der Waals surface area contributed by atoms with Crippen molar-refractivity contribution in [2.24, 2.45) is 0 Å². The van der Waals surface area contributed by atoms with Crippen LogP contribution in [-0.2, 0) is 42.4 Å². The zero-order valence-corrected chi connectivity index (χ0v) is 35.5. The van der Waals surface area contributed by atoms with Gasteiger partial charge in [0.1, 0.15) is 12.2 Å². The van der Waals surface area contributed by atoms with Gasteiger partial charge in [0.05, 0.1) is 33.3 Å². The van der Waals surface area contributed by atoms with Crippen molar-refractivity contribution in [3.63, 3.8) is 0 Å². The predicted molar refractivity (Wildman–Crippen MR) is 214 cm³/mol. The smallest absolute Gasteiger partial charge is 0.338 e. The van der Waals surface area contributed by atoms with Crippen LogP contribution in [0.25, 0.3) is 0 Å². The maximum atomic E-state index is 13.7. The Morgan fingerprint density at radius 3 is 1.57 bits per heavy atom. The molecule has 10 atom stereocenters. The summed E-state index contributed by atoms with van der Waals surface area (Å²) in [5.74, 6) is -2.95. The number of hydrogen-bond donors (Lipinski definition) is 1. The molecule has 56 heavy (non-hydrogen) atoms. The largest absolute Gasteiger partial charge is 0.457 e. The van der Waals surface area contributed by atoms with Gasteiger partial charge in [0.25, 0.3) is 0 Å². The fraction of sp³-hybridized carbons (Fsp3) is 0.463. The van der Waals surface area contributed by atoms with Crippen LogP contribution in [0, 0.1) is 0 Å². The first-order valence-corrected chi connectivity index (χ1v) is 22.5. The van der Waals surface area contributed by atoms with E-state index in [1.807, 2.05) is 0 Å². The summed E-state index contributed by atoms with van der Waals surface area (Å²) in [6, 6.07) is 24.2. The van der Waals surface area contributed by atoms with Gasteiger partial charge in [-0.15, -0.1) is 0 Å². The first-order valence-electron chi connectivity index (χ1n) is 18.3. The number of benzene rings is 3. The van der Waals surface area contributed by atoms with Crippen LogP contribution >= 0.6 is 22.6 Å². The molecule has 0 unspecified atom stereocenters. The number of hydrogen-bond acceptors (Lipinski definition) is 13. The van der Waals surface area contributed by atoms with Crippen molar-refractivity contribution in [2.75, 3.05) is 6.61 Å². The summed E-state index contributed by atoms with van der Waals surface area (Å²) in [5, 5.41) is 11.3. The Morgan fingerprint density at radius 1 is 0.679 bits per heavy atom. The molecule has 2 fully saturated rings. The standard InChI is InChI=1S/C41H49IO13Si/c1-24-31(50-25(2)43)33(55-56(6,7)41(3,4)5)30(42)40(49-24)48-23-29-32(52-36(44)26-17-11-8-12-18-26)34(53-37(45)27-19-13-9-14-20-27)35(39(47)51-29)54-38(46)28-21-15-10-16-22-28/h8-22,24,29-35,39-40,47H,23H2,1-7H3/t24-,29-,30+,31-,32-,33-,34+,35-,39+,40+/m1/s1. The molecule has 302 valence electrons. The number of rotatable bonds is 12. The third-order valence-electron chi connectivity index (χ3n) is 10.0. The van der Waals surface area contributed by atoms with Crippen LogP contribution in [0.15, 0.2) is 91.0 Å². The number of halogens is 1. The van der Waals surface area contributed by atoms with Gasteiger partial charge in [0.2, 0.25) is 0 Å². The van der Waals surface area contributed by atoms with E-state index in [1.165, 1.54) is 31.2 Å². The van der Waals surface area contributed by atoms with Crippen LogP contribution < -0.4 is 0 Å². The molecule has 15 heteroatoms. The van der Waals surface area contributed by atoms with Crippen molar-refractivity contribution in [3.8, 4) is 0 Å². The Bertz CT molecular complexity index is 1790. The summed E-state index contributed by atoms with van der Waals surface area (Å²) in [5.41, 5.74) is 0.507. The van der Waals surface area contributed by atoms with E-state index < -0.39 is 91.4 Å². The molecular formula is C41H49IO13Si. The van der Waals surface area contributed by atoms with E-state index in [0.717, 1.165) is 0 Å². The van der Waals surface area contributed by atoms with Gasteiger partial charge in [-0.05, 0) is 61.5 Å². The molecule has 5 rings (SSSR count). The van der Waals surface area contributed by atoms with E-state index in [2.05, 4.69) is 56.5 Å². The first kappa shape index (κ1) is 43.4. The molecule has 2 aliphatic rings. The van der Waals surface area contributed by atoms with Crippen molar-refractivity contribution in [2.45, 2.75) is 112 Å². The topological polar surface area (TPSA) is 162 Å². The molecule has 13 nitrogen and oxygen atoms in total. The molecule has 0 bridgehead atoms. The summed E-state index contributed by atoms with van der Waals surface area (Å²) in [6.45, 7) is 13.2. The van der Waals surface area contributed by atoms with Gasteiger partial charge >= 0.3 is 23.9 Å². The molecule has 1 N–H and O–H groups in total. The highest BCUT2D eigenvalue weighted by molar-refractivity contribution is 14.1. The Labute approximate surface area is 341 Å². The van der Waals surface area contributed by atoms with E-state index >= 15 is 0 Å². The normalized spacial score (nSPS) is 28.1. The summed E-state index contributed by atoms with van der Waals surface area (Å²) in [6.07, 6.45) is -10.8. The second-order valence-electron chi connectivity index (χ2n) is 15.2. The number of aliphatic hydroxyl groups is 1. The lowest BCUT2D eigenvalue weighted by molar-refractivity contribution is -0.301. The van der Waals surface area contributed by atoms with Crippen LogP contribution in [0.4, 0.5) is 0 Å². The highest BCUT2D eigenvalue weighted by Crippen LogP contribution is 2.42. The average molecular weight is 905 g/mol. The van der Waals surface area contributed by atoms with Crippen LogP contribution in [0.3, 0.4) is 0 Å². The van der Waals surface area contributed by atoms with Gasteiger partial charge in [-0.1, -0.05) is 98.0 Å². The van der Waals surface area contributed by atoms with Crippen LogP contribution in [0.1, 0.15) is 65.7 Å². The Morgan fingerprint density at radius 2 is 1.12 bits per heavy atom. The van der Waals surface area contributed by atoms with Crippen molar-refractivity contribution in [3.05, 3.63) is 108 Å². The van der Waals surface area contributed by atoms with Gasteiger partial charge in [-0.2, -0.15) is 0 Å². The third-order valence-corrected chi connectivity index (χ3v) is 15.8. The second-order valence-corrected chi connectivity index (χ2v) is 21.4. The van der Waals surface area contributed by atoms with Gasteiger partial charge < -0.3 is 42.7 Å². The number of carbonyl (C=O) groups excluding carboxylic acids is 4. The maximum absolute atomic E-state index is 13.7. The highest BCUT2D eigenvalue weighted by Gasteiger charge is 2.54. The lowest BCUT2D eigenvalue weighted by Gasteiger charge is -2.48. The van der Waals surface area contributed by atoms with Crippen molar-refractivity contribution >= 4 is 54.8 Å². The molecule has 0 spiro atoms. The van der Waals surface area contributed by atoms with Gasteiger partial charge in [-0.3, -0.25) is 4.79 Å².